The highest BCUT2D eigenvalue weighted by Gasteiger charge is 2.16. The SMILES string of the molecule is CC(C)Oc1ccc(CNC(=O)C(C)Oc2ccc(C(C)(C)C)cc2)cc1. The molecule has 0 heterocycles. The van der Waals surface area contributed by atoms with Gasteiger partial charge >= 0.3 is 0 Å². The molecular weight excluding hydrogens is 338 g/mol. The molecule has 0 saturated carbocycles. The van der Waals surface area contributed by atoms with E-state index in [1.165, 1.54) is 5.56 Å². The van der Waals surface area contributed by atoms with E-state index in [1.807, 2.05) is 62.4 Å². The maximum atomic E-state index is 12.3. The minimum absolute atomic E-state index is 0.0945. The molecule has 0 spiro atoms. The molecule has 1 N–H and O–H groups in total. The lowest BCUT2D eigenvalue weighted by Gasteiger charge is -2.20. The Morgan fingerprint density at radius 1 is 0.889 bits per heavy atom. The van der Waals surface area contributed by atoms with Crippen LogP contribution in [0.3, 0.4) is 0 Å². The van der Waals surface area contributed by atoms with Gasteiger partial charge in [-0.3, -0.25) is 4.79 Å². The van der Waals surface area contributed by atoms with Crippen molar-refractivity contribution < 1.29 is 14.3 Å². The average Bonchev–Trinajstić information content (AvgIpc) is 2.60. The van der Waals surface area contributed by atoms with Crippen molar-refractivity contribution in [3.8, 4) is 11.5 Å². The van der Waals surface area contributed by atoms with Crippen LogP contribution in [-0.2, 0) is 16.8 Å². The van der Waals surface area contributed by atoms with Crippen molar-refractivity contribution in [2.75, 3.05) is 0 Å². The largest absolute Gasteiger partial charge is 0.491 e. The molecule has 4 nitrogen and oxygen atoms in total. The summed E-state index contributed by atoms with van der Waals surface area (Å²) in [6, 6.07) is 15.6. The molecule has 0 saturated heterocycles. The van der Waals surface area contributed by atoms with Crippen molar-refractivity contribution in [1.29, 1.82) is 0 Å². The fourth-order valence-corrected chi connectivity index (χ4v) is 2.58. The number of carbonyl (C=O) groups is 1. The van der Waals surface area contributed by atoms with E-state index in [0.717, 1.165) is 11.3 Å². The molecule has 146 valence electrons. The van der Waals surface area contributed by atoms with Gasteiger partial charge in [-0.05, 0) is 61.6 Å². The smallest absolute Gasteiger partial charge is 0.261 e. The third-order valence-electron chi connectivity index (χ3n) is 4.16. The average molecular weight is 370 g/mol. The molecule has 0 aliphatic carbocycles. The summed E-state index contributed by atoms with van der Waals surface area (Å²) in [7, 11) is 0. The Morgan fingerprint density at radius 3 is 1.93 bits per heavy atom. The molecule has 2 aromatic rings. The first-order chi connectivity index (χ1) is 12.6. The Kier molecular flexibility index (Phi) is 6.89. The van der Waals surface area contributed by atoms with Gasteiger partial charge in [0.05, 0.1) is 6.10 Å². The molecule has 27 heavy (non-hydrogen) atoms. The number of carbonyl (C=O) groups excluding carboxylic acids is 1. The fraction of sp³-hybridized carbons (Fsp3) is 0.435. The van der Waals surface area contributed by atoms with Crippen LogP contribution in [0.25, 0.3) is 0 Å². The number of hydrogen-bond acceptors (Lipinski definition) is 3. The summed E-state index contributed by atoms with van der Waals surface area (Å²) in [6.07, 6.45) is -0.417. The van der Waals surface area contributed by atoms with Crippen LogP contribution in [0.1, 0.15) is 52.7 Å². The molecule has 0 fully saturated rings. The molecule has 0 aliphatic heterocycles. The predicted molar refractivity (Wildman–Crippen MR) is 109 cm³/mol. The zero-order valence-electron chi connectivity index (χ0n) is 17.2. The Balaban J connectivity index is 1.85. The molecule has 1 unspecified atom stereocenters. The van der Waals surface area contributed by atoms with Gasteiger partial charge in [0.2, 0.25) is 0 Å². The van der Waals surface area contributed by atoms with Crippen molar-refractivity contribution >= 4 is 5.91 Å². The molecule has 2 rings (SSSR count). The lowest BCUT2D eigenvalue weighted by atomic mass is 9.87. The first kappa shape index (κ1) is 20.8. The molecule has 0 aliphatic rings. The van der Waals surface area contributed by atoms with Crippen molar-refractivity contribution in [3.63, 3.8) is 0 Å². The molecule has 4 heteroatoms. The summed E-state index contributed by atoms with van der Waals surface area (Å²) in [5.41, 5.74) is 2.34. The van der Waals surface area contributed by atoms with Crippen molar-refractivity contribution in [2.45, 2.75) is 65.7 Å². The summed E-state index contributed by atoms with van der Waals surface area (Å²) >= 11 is 0. The van der Waals surface area contributed by atoms with Crippen LogP contribution in [-0.4, -0.2) is 18.1 Å². The highest BCUT2D eigenvalue weighted by molar-refractivity contribution is 5.80. The Hall–Kier alpha value is -2.49. The van der Waals surface area contributed by atoms with Crippen LogP contribution in [0.4, 0.5) is 0 Å². The van der Waals surface area contributed by atoms with E-state index in [4.69, 9.17) is 9.47 Å². The number of benzene rings is 2. The van der Waals surface area contributed by atoms with E-state index in [2.05, 4.69) is 26.1 Å². The van der Waals surface area contributed by atoms with E-state index in [1.54, 1.807) is 6.92 Å². The maximum Gasteiger partial charge on any atom is 0.261 e. The van der Waals surface area contributed by atoms with Gasteiger partial charge in [0, 0.05) is 6.54 Å². The van der Waals surface area contributed by atoms with Crippen molar-refractivity contribution in [2.24, 2.45) is 0 Å². The van der Waals surface area contributed by atoms with Gasteiger partial charge in [-0.15, -0.1) is 0 Å². The minimum atomic E-state index is -0.561. The molecule has 2 aromatic carbocycles. The van der Waals surface area contributed by atoms with Gasteiger partial charge < -0.3 is 14.8 Å². The lowest BCUT2D eigenvalue weighted by molar-refractivity contribution is -0.127. The number of nitrogens with one attached hydrogen (secondary N) is 1. The molecular formula is C23H31NO3. The standard InChI is InChI=1S/C23H31NO3/c1-16(2)26-20-11-7-18(8-12-20)15-24-22(25)17(3)27-21-13-9-19(10-14-21)23(4,5)6/h7-14,16-17H,15H2,1-6H3,(H,24,25). The van der Waals surface area contributed by atoms with Gasteiger partial charge in [-0.1, -0.05) is 45.0 Å². The molecule has 0 radical (unpaired) electrons. The van der Waals surface area contributed by atoms with Crippen LogP contribution in [0.2, 0.25) is 0 Å². The Morgan fingerprint density at radius 2 is 1.41 bits per heavy atom. The van der Waals surface area contributed by atoms with Crippen LogP contribution in [0.5, 0.6) is 11.5 Å². The van der Waals surface area contributed by atoms with E-state index >= 15 is 0 Å². The third-order valence-corrected chi connectivity index (χ3v) is 4.16. The van der Waals surface area contributed by atoms with Gasteiger partial charge in [-0.2, -0.15) is 0 Å². The first-order valence-corrected chi connectivity index (χ1v) is 9.45. The third kappa shape index (κ3) is 6.63. The normalized spacial score (nSPS) is 12.6. The number of rotatable bonds is 7. The first-order valence-electron chi connectivity index (χ1n) is 9.45. The van der Waals surface area contributed by atoms with E-state index in [9.17, 15) is 4.79 Å². The summed E-state index contributed by atoms with van der Waals surface area (Å²) < 4.78 is 11.4. The van der Waals surface area contributed by atoms with Crippen LogP contribution >= 0.6 is 0 Å². The lowest BCUT2D eigenvalue weighted by Crippen LogP contribution is -2.35. The van der Waals surface area contributed by atoms with E-state index < -0.39 is 6.10 Å². The fourth-order valence-electron chi connectivity index (χ4n) is 2.58. The molecule has 1 amide bonds. The molecule has 0 bridgehead atoms. The van der Waals surface area contributed by atoms with Crippen molar-refractivity contribution in [3.05, 3.63) is 59.7 Å². The second kappa shape index (κ2) is 8.94. The number of amides is 1. The maximum absolute atomic E-state index is 12.3. The van der Waals surface area contributed by atoms with Crippen molar-refractivity contribution in [1.82, 2.24) is 5.32 Å². The van der Waals surface area contributed by atoms with Crippen LogP contribution < -0.4 is 14.8 Å². The predicted octanol–water partition coefficient (Wildman–Crippen LogP) is 4.86. The number of ether oxygens (including phenoxy) is 2. The summed E-state index contributed by atoms with van der Waals surface area (Å²) in [5.74, 6) is 1.38. The van der Waals surface area contributed by atoms with Gasteiger partial charge in [0.1, 0.15) is 11.5 Å². The summed E-state index contributed by atoms with van der Waals surface area (Å²) in [4.78, 5) is 12.3. The highest BCUT2D eigenvalue weighted by atomic mass is 16.5. The quantitative estimate of drug-likeness (QED) is 0.758. The molecule has 1 atom stereocenters. The molecule has 0 aromatic heterocycles. The van der Waals surface area contributed by atoms with Crippen LogP contribution in [0.15, 0.2) is 48.5 Å². The zero-order valence-corrected chi connectivity index (χ0v) is 17.2. The second-order valence-electron chi connectivity index (χ2n) is 8.06. The Labute approximate surface area is 162 Å². The van der Waals surface area contributed by atoms with E-state index in [0.29, 0.717) is 12.3 Å². The van der Waals surface area contributed by atoms with Crippen LogP contribution in [0, 0.1) is 0 Å². The minimum Gasteiger partial charge on any atom is -0.491 e. The highest BCUT2D eigenvalue weighted by Crippen LogP contribution is 2.24. The van der Waals surface area contributed by atoms with Gasteiger partial charge in [-0.25, -0.2) is 0 Å². The van der Waals surface area contributed by atoms with Gasteiger partial charge in [0.25, 0.3) is 5.91 Å². The topological polar surface area (TPSA) is 47.6 Å². The van der Waals surface area contributed by atoms with Gasteiger partial charge in [0.15, 0.2) is 6.10 Å². The zero-order chi connectivity index (χ0) is 20.0. The Bertz CT molecular complexity index is 728. The summed E-state index contributed by atoms with van der Waals surface area (Å²) in [6.45, 7) is 12.7. The number of hydrogen-bond donors (Lipinski definition) is 1. The van der Waals surface area contributed by atoms with E-state index in [-0.39, 0.29) is 17.4 Å². The monoisotopic (exact) mass is 369 g/mol. The second-order valence-corrected chi connectivity index (χ2v) is 8.06. The summed E-state index contributed by atoms with van der Waals surface area (Å²) in [5, 5.41) is 2.91.